The van der Waals surface area contributed by atoms with E-state index in [0.29, 0.717) is 24.5 Å². The largest absolute Gasteiger partial charge is 0.314 e. The predicted molar refractivity (Wildman–Crippen MR) is 124 cm³/mol. The topological polar surface area (TPSA) is 67.9 Å². The number of piperazine rings is 1. The SMILES string of the molecule is O=C(CNCCN1CCNCC1)N1CCN2C(=O)C3CC=CC=C3C12c1ccc(Cl)cc1. The van der Waals surface area contributed by atoms with Crippen molar-refractivity contribution < 1.29 is 9.59 Å². The highest BCUT2D eigenvalue weighted by atomic mass is 35.5. The predicted octanol–water partition coefficient (Wildman–Crippen LogP) is 1.17. The number of nitrogens with zero attached hydrogens (tertiary/aromatic N) is 3. The Hall–Kier alpha value is -2.19. The average molecular weight is 456 g/mol. The van der Waals surface area contributed by atoms with Crippen LogP contribution in [0.1, 0.15) is 12.0 Å². The Balaban J connectivity index is 1.38. The normalized spacial score (nSPS) is 27.5. The molecular weight excluding hydrogens is 426 g/mol. The average Bonchev–Trinajstić information content (AvgIpc) is 3.33. The van der Waals surface area contributed by atoms with Crippen LogP contribution in [0.5, 0.6) is 0 Å². The van der Waals surface area contributed by atoms with Crippen LogP contribution in [0.4, 0.5) is 0 Å². The smallest absolute Gasteiger partial charge is 0.238 e. The molecule has 2 amide bonds. The maximum absolute atomic E-state index is 13.5. The van der Waals surface area contributed by atoms with E-state index in [1.165, 1.54) is 0 Å². The van der Waals surface area contributed by atoms with Crippen LogP contribution in [0.2, 0.25) is 5.02 Å². The number of rotatable bonds is 6. The highest BCUT2D eigenvalue weighted by Crippen LogP contribution is 2.53. The summed E-state index contributed by atoms with van der Waals surface area (Å²) in [6.07, 6.45) is 6.76. The lowest BCUT2D eigenvalue weighted by atomic mass is 9.82. The maximum atomic E-state index is 13.5. The van der Waals surface area contributed by atoms with Crippen molar-refractivity contribution in [2.24, 2.45) is 5.92 Å². The molecule has 1 aromatic rings. The van der Waals surface area contributed by atoms with Gasteiger partial charge in [0.1, 0.15) is 0 Å². The van der Waals surface area contributed by atoms with E-state index in [2.05, 4.69) is 15.5 Å². The highest BCUT2D eigenvalue weighted by Gasteiger charge is 2.62. The molecule has 5 rings (SSSR count). The van der Waals surface area contributed by atoms with Crippen LogP contribution in [-0.4, -0.2) is 85.4 Å². The fraction of sp³-hybridized carbons (Fsp3) is 0.500. The molecule has 1 aliphatic carbocycles. The van der Waals surface area contributed by atoms with Crippen molar-refractivity contribution in [1.82, 2.24) is 25.3 Å². The second-order valence-electron chi connectivity index (χ2n) is 8.82. The Kier molecular flexibility index (Phi) is 6.07. The van der Waals surface area contributed by atoms with Crippen molar-refractivity contribution in [3.63, 3.8) is 0 Å². The summed E-state index contributed by atoms with van der Waals surface area (Å²) in [6, 6.07) is 7.59. The minimum atomic E-state index is -0.853. The third-order valence-electron chi connectivity index (χ3n) is 7.09. The molecule has 0 spiro atoms. The van der Waals surface area contributed by atoms with E-state index < -0.39 is 5.66 Å². The lowest BCUT2D eigenvalue weighted by molar-refractivity contribution is -0.140. The van der Waals surface area contributed by atoms with E-state index in [0.717, 1.165) is 50.4 Å². The van der Waals surface area contributed by atoms with Gasteiger partial charge in [-0.25, -0.2) is 0 Å². The van der Waals surface area contributed by atoms with Gasteiger partial charge < -0.3 is 20.4 Å². The van der Waals surface area contributed by atoms with E-state index in [1.807, 2.05) is 52.3 Å². The Morgan fingerprint density at radius 1 is 1.16 bits per heavy atom. The molecule has 1 aromatic carbocycles. The van der Waals surface area contributed by atoms with Gasteiger partial charge in [0, 0.05) is 62.9 Å². The minimum absolute atomic E-state index is 0.0201. The fourth-order valence-electron chi connectivity index (χ4n) is 5.59. The number of amides is 2. The molecule has 0 radical (unpaired) electrons. The van der Waals surface area contributed by atoms with Crippen molar-refractivity contribution in [1.29, 1.82) is 0 Å². The zero-order valence-electron chi connectivity index (χ0n) is 18.2. The van der Waals surface area contributed by atoms with Crippen molar-refractivity contribution >= 4 is 23.4 Å². The summed E-state index contributed by atoms with van der Waals surface area (Å²) in [4.78, 5) is 33.0. The third-order valence-corrected chi connectivity index (χ3v) is 7.34. The number of hydrogen-bond donors (Lipinski definition) is 2. The van der Waals surface area contributed by atoms with Crippen molar-refractivity contribution in [3.8, 4) is 0 Å². The summed E-state index contributed by atoms with van der Waals surface area (Å²) in [5.41, 5.74) is 1.07. The summed E-state index contributed by atoms with van der Waals surface area (Å²) in [5, 5.41) is 7.34. The van der Waals surface area contributed by atoms with Crippen LogP contribution in [-0.2, 0) is 15.3 Å². The van der Waals surface area contributed by atoms with Crippen molar-refractivity contribution in [2.45, 2.75) is 12.1 Å². The Labute approximate surface area is 194 Å². The molecule has 0 bridgehead atoms. The molecule has 3 heterocycles. The first-order valence-electron chi connectivity index (χ1n) is 11.5. The zero-order chi connectivity index (χ0) is 22.1. The number of nitrogens with one attached hydrogen (secondary N) is 2. The molecule has 7 nitrogen and oxygen atoms in total. The van der Waals surface area contributed by atoms with Gasteiger partial charge in [-0.3, -0.25) is 14.5 Å². The molecule has 2 atom stereocenters. The van der Waals surface area contributed by atoms with Gasteiger partial charge in [-0.15, -0.1) is 0 Å². The molecule has 3 saturated heterocycles. The van der Waals surface area contributed by atoms with E-state index in [1.54, 1.807) is 0 Å². The van der Waals surface area contributed by atoms with E-state index in [4.69, 9.17) is 11.6 Å². The first-order chi connectivity index (χ1) is 15.6. The molecule has 8 heteroatoms. The summed E-state index contributed by atoms with van der Waals surface area (Å²) in [6.45, 7) is 7.16. The van der Waals surface area contributed by atoms with Gasteiger partial charge in [0.2, 0.25) is 11.8 Å². The van der Waals surface area contributed by atoms with Crippen LogP contribution < -0.4 is 10.6 Å². The van der Waals surface area contributed by atoms with Gasteiger partial charge in [0.15, 0.2) is 5.66 Å². The lowest BCUT2D eigenvalue weighted by Gasteiger charge is -2.41. The summed E-state index contributed by atoms with van der Waals surface area (Å²) in [5.74, 6) is -0.0730. The Morgan fingerprint density at radius 2 is 1.94 bits per heavy atom. The number of fused-ring (bicyclic) bond motifs is 3. The molecule has 3 aliphatic heterocycles. The fourth-order valence-corrected chi connectivity index (χ4v) is 5.72. The van der Waals surface area contributed by atoms with Gasteiger partial charge in [0.05, 0.1) is 12.5 Å². The minimum Gasteiger partial charge on any atom is -0.314 e. The summed E-state index contributed by atoms with van der Waals surface area (Å²) < 4.78 is 0. The number of halogens is 1. The van der Waals surface area contributed by atoms with Crippen LogP contribution >= 0.6 is 11.6 Å². The summed E-state index contributed by atoms with van der Waals surface area (Å²) >= 11 is 6.17. The van der Waals surface area contributed by atoms with Gasteiger partial charge in [-0.1, -0.05) is 42.0 Å². The first kappa shape index (κ1) is 21.6. The van der Waals surface area contributed by atoms with Gasteiger partial charge in [-0.2, -0.15) is 0 Å². The van der Waals surface area contributed by atoms with E-state index >= 15 is 0 Å². The van der Waals surface area contributed by atoms with Crippen LogP contribution in [0.15, 0.2) is 48.1 Å². The second-order valence-corrected chi connectivity index (χ2v) is 9.26. The molecule has 2 N–H and O–H groups in total. The third kappa shape index (κ3) is 3.57. The maximum Gasteiger partial charge on any atom is 0.238 e. The summed E-state index contributed by atoms with van der Waals surface area (Å²) in [7, 11) is 0. The molecule has 32 heavy (non-hydrogen) atoms. The van der Waals surface area contributed by atoms with E-state index in [-0.39, 0.29) is 24.3 Å². The number of benzene rings is 1. The highest BCUT2D eigenvalue weighted by molar-refractivity contribution is 6.30. The van der Waals surface area contributed by atoms with Gasteiger partial charge >= 0.3 is 0 Å². The lowest BCUT2D eigenvalue weighted by Crippen LogP contribution is -2.53. The number of carbonyl (C=O) groups excluding carboxylic acids is 2. The molecule has 3 fully saturated rings. The van der Waals surface area contributed by atoms with Gasteiger partial charge in [0.25, 0.3) is 0 Å². The molecule has 4 aliphatic rings. The second kappa shape index (κ2) is 8.98. The van der Waals surface area contributed by atoms with Crippen LogP contribution in [0, 0.1) is 5.92 Å². The number of allylic oxidation sites excluding steroid dienone is 3. The monoisotopic (exact) mass is 455 g/mol. The standard InChI is InChI=1S/C24H30ClN5O2/c25-19-7-5-18(6-8-19)24-21-4-2-1-3-20(21)23(32)30(24)16-15-29(24)22(31)17-27-11-14-28-12-9-26-10-13-28/h1-2,4-8,20,26-27H,3,9-17H2. The van der Waals surface area contributed by atoms with Crippen LogP contribution in [0.25, 0.3) is 0 Å². The molecule has 170 valence electrons. The number of hydrogen-bond acceptors (Lipinski definition) is 5. The van der Waals surface area contributed by atoms with Crippen molar-refractivity contribution in [2.75, 3.05) is 58.9 Å². The zero-order valence-corrected chi connectivity index (χ0v) is 19.0. The Bertz CT molecular complexity index is 940. The molecule has 0 saturated carbocycles. The van der Waals surface area contributed by atoms with Crippen molar-refractivity contribution in [3.05, 3.63) is 58.7 Å². The molecule has 2 unspecified atom stereocenters. The first-order valence-corrected chi connectivity index (χ1v) is 11.9. The molecular formula is C24H30ClN5O2. The van der Waals surface area contributed by atoms with E-state index in [9.17, 15) is 9.59 Å². The van der Waals surface area contributed by atoms with Gasteiger partial charge in [-0.05, 0) is 24.1 Å². The quantitative estimate of drug-likeness (QED) is 0.630. The Morgan fingerprint density at radius 3 is 2.72 bits per heavy atom. The molecule has 0 aromatic heterocycles. The van der Waals surface area contributed by atoms with Crippen LogP contribution in [0.3, 0.4) is 0 Å². The number of carbonyl (C=O) groups is 2.